The third-order valence-electron chi connectivity index (χ3n) is 6.00. The molecule has 0 spiro atoms. The third-order valence-corrected chi connectivity index (χ3v) is 6.79. The van der Waals surface area contributed by atoms with Gasteiger partial charge in [0.15, 0.2) is 6.61 Å². The molecule has 0 bridgehead atoms. The summed E-state index contributed by atoms with van der Waals surface area (Å²) in [6, 6.07) is 21.5. The maximum atomic E-state index is 13.7. The van der Waals surface area contributed by atoms with Gasteiger partial charge in [-0.05, 0) is 54.8 Å². The van der Waals surface area contributed by atoms with Crippen LogP contribution in [0.4, 0.5) is 0 Å². The predicted molar refractivity (Wildman–Crippen MR) is 150 cm³/mol. The molecular weight excluding hydrogens is 556 g/mol. The van der Waals surface area contributed by atoms with E-state index in [0.717, 1.165) is 22.0 Å². The van der Waals surface area contributed by atoms with Crippen molar-refractivity contribution in [2.24, 2.45) is 0 Å². The van der Waals surface area contributed by atoms with Crippen LogP contribution in [0.5, 0.6) is 11.5 Å². The van der Waals surface area contributed by atoms with Gasteiger partial charge < -0.3 is 19.7 Å². The number of nitrogens with zero attached hydrogens (tertiary/aromatic N) is 1. The fourth-order valence-electron chi connectivity index (χ4n) is 3.78. The Morgan fingerprint density at radius 2 is 1.76 bits per heavy atom. The smallest absolute Gasteiger partial charge is 0.261 e. The minimum absolute atomic E-state index is 0.0302. The topological polar surface area (TPSA) is 67.9 Å². The molecule has 1 N–H and O–H groups in total. The van der Waals surface area contributed by atoms with Gasteiger partial charge in [-0.15, -0.1) is 0 Å². The summed E-state index contributed by atoms with van der Waals surface area (Å²) >= 11 is 9.66. The Bertz CT molecular complexity index is 1190. The summed E-state index contributed by atoms with van der Waals surface area (Å²) in [7, 11) is 1.59. The van der Waals surface area contributed by atoms with E-state index in [1.807, 2.05) is 68.4 Å². The minimum Gasteiger partial charge on any atom is -0.497 e. The monoisotopic (exact) mass is 586 g/mol. The maximum absolute atomic E-state index is 13.7. The van der Waals surface area contributed by atoms with Crippen LogP contribution in [0, 0.1) is 0 Å². The maximum Gasteiger partial charge on any atom is 0.261 e. The van der Waals surface area contributed by atoms with E-state index in [0.29, 0.717) is 22.9 Å². The third kappa shape index (κ3) is 8.51. The molecule has 8 heteroatoms. The first kappa shape index (κ1) is 28.5. The van der Waals surface area contributed by atoms with Crippen LogP contribution < -0.4 is 14.8 Å². The summed E-state index contributed by atoms with van der Waals surface area (Å²) in [6.07, 6.45) is 1.14. The van der Waals surface area contributed by atoms with Gasteiger partial charge in [0.1, 0.15) is 17.5 Å². The number of hydrogen-bond acceptors (Lipinski definition) is 4. The molecule has 0 heterocycles. The molecule has 0 saturated carbocycles. The van der Waals surface area contributed by atoms with E-state index in [2.05, 4.69) is 21.2 Å². The van der Waals surface area contributed by atoms with E-state index in [-0.39, 0.29) is 31.0 Å². The number of methoxy groups -OCH3 is 1. The largest absolute Gasteiger partial charge is 0.497 e. The van der Waals surface area contributed by atoms with Crippen LogP contribution in [0.15, 0.2) is 77.3 Å². The average Bonchev–Trinajstić information content (AvgIpc) is 2.90. The lowest BCUT2D eigenvalue weighted by molar-refractivity contribution is -0.143. The molecule has 2 amide bonds. The van der Waals surface area contributed by atoms with E-state index in [1.54, 1.807) is 30.2 Å². The highest BCUT2D eigenvalue weighted by molar-refractivity contribution is 9.10. The first-order chi connectivity index (χ1) is 17.8. The highest BCUT2D eigenvalue weighted by Gasteiger charge is 2.31. The molecular formula is C29H32BrClN2O4. The lowest BCUT2D eigenvalue weighted by Crippen LogP contribution is -2.53. The van der Waals surface area contributed by atoms with Crippen molar-refractivity contribution >= 4 is 39.3 Å². The number of benzene rings is 3. The number of hydrogen-bond donors (Lipinski definition) is 1. The Balaban J connectivity index is 1.94. The van der Waals surface area contributed by atoms with Crippen molar-refractivity contribution in [3.8, 4) is 11.5 Å². The number of amides is 2. The van der Waals surface area contributed by atoms with Gasteiger partial charge in [-0.1, -0.05) is 76.9 Å². The van der Waals surface area contributed by atoms with E-state index in [9.17, 15) is 9.59 Å². The lowest BCUT2D eigenvalue weighted by Gasteiger charge is -2.32. The molecule has 3 aromatic carbocycles. The van der Waals surface area contributed by atoms with Gasteiger partial charge in [0, 0.05) is 23.5 Å². The molecule has 2 atom stereocenters. The summed E-state index contributed by atoms with van der Waals surface area (Å²) in [5, 5.41) is 3.44. The van der Waals surface area contributed by atoms with Gasteiger partial charge in [-0.25, -0.2) is 0 Å². The van der Waals surface area contributed by atoms with Gasteiger partial charge >= 0.3 is 0 Å². The normalized spacial score (nSPS) is 12.4. The molecule has 3 rings (SSSR count). The Labute approximate surface area is 232 Å². The number of ether oxygens (including phenoxy) is 2. The standard InChI is InChI=1S/C29H32BrClN2O4/c1-4-20(2)32-29(35)26(16-21-9-6-5-7-10-21)33(18-22-11-8-12-24(15-22)36-3)28(34)19-37-27-14-13-23(30)17-25(27)31/h5-15,17,20,26H,4,16,18-19H2,1-3H3,(H,32,35)/t20-,26+/m1/s1. The Hall–Kier alpha value is -3.03. The second-order valence-corrected chi connectivity index (χ2v) is 10.1. The SMILES string of the molecule is CC[C@@H](C)NC(=O)[C@H](Cc1ccccc1)N(Cc1cccc(OC)c1)C(=O)COc1ccc(Br)cc1Cl. The van der Waals surface area contributed by atoms with Crippen molar-refractivity contribution in [2.45, 2.75) is 45.3 Å². The molecule has 6 nitrogen and oxygen atoms in total. The summed E-state index contributed by atoms with van der Waals surface area (Å²) in [5.74, 6) is 0.521. The second kappa shape index (κ2) is 14.1. The van der Waals surface area contributed by atoms with Crippen LogP contribution in [0.2, 0.25) is 5.02 Å². The number of halogens is 2. The summed E-state index contributed by atoms with van der Waals surface area (Å²) in [5.41, 5.74) is 1.79. The zero-order valence-corrected chi connectivity index (χ0v) is 23.6. The molecule has 196 valence electrons. The van der Waals surface area contributed by atoms with E-state index in [1.165, 1.54) is 0 Å². The van der Waals surface area contributed by atoms with Crippen LogP contribution in [-0.2, 0) is 22.6 Å². The average molecular weight is 588 g/mol. The fourth-order valence-corrected chi connectivity index (χ4v) is 4.51. The fraction of sp³-hybridized carbons (Fsp3) is 0.310. The Morgan fingerprint density at radius 3 is 2.43 bits per heavy atom. The summed E-state index contributed by atoms with van der Waals surface area (Å²) in [4.78, 5) is 28.8. The second-order valence-electron chi connectivity index (χ2n) is 8.76. The van der Waals surface area contributed by atoms with Crippen LogP contribution >= 0.6 is 27.5 Å². The van der Waals surface area contributed by atoms with Crippen molar-refractivity contribution in [1.29, 1.82) is 0 Å². The van der Waals surface area contributed by atoms with Crippen LogP contribution in [0.3, 0.4) is 0 Å². The first-order valence-electron chi connectivity index (χ1n) is 12.1. The molecule has 0 fully saturated rings. The van der Waals surface area contributed by atoms with Crippen molar-refractivity contribution in [1.82, 2.24) is 10.2 Å². The van der Waals surface area contributed by atoms with Crippen molar-refractivity contribution in [2.75, 3.05) is 13.7 Å². The molecule has 0 saturated heterocycles. The first-order valence-corrected chi connectivity index (χ1v) is 13.3. The molecule has 0 aromatic heterocycles. The molecule has 0 unspecified atom stereocenters. The summed E-state index contributed by atoms with van der Waals surface area (Å²) < 4.78 is 12.0. The zero-order chi connectivity index (χ0) is 26.8. The van der Waals surface area contributed by atoms with E-state index in [4.69, 9.17) is 21.1 Å². The lowest BCUT2D eigenvalue weighted by atomic mass is 10.0. The highest BCUT2D eigenvalue weighted by Crippen LogP contribution is 2.28. The van der Waals surface area contributed by atoms with Crippen LogP contribution in [-0.4, -0.2) is 42.5 Å². The van der Waals surface area contributed by atoms with E-state index >= 15 is 0 Å². The number of carbonyl (C=O) groups is 2. The van der Waals surface area contributed by atoms with Crippen molar-refractivity contribution in [3.05, 3.63) is 93.4 Å². The zero-order valence-electron chi connectivity index (χ0n) is 21.2. The highest BCUT2D eigenvalue weighted by atomic mass is 79.9. The molecule has 37 heavy (non-hydrogen) atoms. The molecule has 0 radical (unpaired) electrons. The molecule has 0 aliphatic carbocycles. The Morgan fingerprint density at radius 1 is 1.03 bits per heavy atom. The van der Waals surface area contributed by atoms with Gasteiger partial charge in [-0.3, -0.25) is 9.59 Å². The van der Waals surface area contributed by atoms with Crippen LogP contribution in [0.1, 0.15) is 31.4 Å². The number of carbonyl (C=O) groups excluding carboxylic acids is 2. The van der Waals surface area contributed by atoms with Crippen molar-refractivity contribution < 1.29 is 19.1 Å². The number of nitrogens with one attached hydrogen (secondary N) is 1. The van der Waals surface area contributed by atoms with Crippen molar-refractivity contribution in [3.63, 3.8) is 0 Å². The van der Waals surface area contributed by atoms with Crippen LogP contribution in [0.25, 0.3) is 0 Å². The summed E-state index contributed by atoms with van der Waals surface area (Å²) in [6.45, 7) is 3.89. The van der Waals surface area contributed by atoms with Gasteiger partial charge in [0.2, 0.25) is 5.91 Å². The van der Waals surface area contributed by atoms with Gasteiger partial charge in [-0.2, -0.15) is 0 Å². The van der Waals surface area contributed by atoms with Gasteiger partial charge in [0.05, 0.1) is 12.1 Å². The Kier molecular flexibility index (Phi) is 10.8. The minimum atomic E-state index is -0.751. The number of rotatable bonds is 12. The molecule has 3 aromatic rings. The predicted octanol–water partition coefficient (Wildman–Crippen LogP) is 6.04. The molecule has 0 aliphatic rings. The van der Waals surface area contributed by atoms with E-state index < -0.39 is 6.04 Å². The van der Waals surface area contributed by atoms with Gasteiger partial charge in [0.25, 0.3) is 5.91 Å². The molecule has 0 aliphatic heterocycles. The quantitative estimate of drug-likeness (QED) is 0.280.